The zero-order chi connectivity index (χ0) is 12.1. The molecule has 17 heavy (non-hydrogen) atoms. The van der Waals surface area contributed by atoms with E-state index in [1.165, 1.54) is 6.20 Å². The van der Waals surface area contributed by atoms with E-state index < -0.39 is 5.97 Å². The van der Waals surface area contributed by atoms with Crippen molar-refractivity contribution in [1.29, 1.82) is 0 Å². The lowest BCUT2D eigenvalue weighted by Gasteiger charge is -2.08. The predicted molar refractivity (Wildman–Crippen MR) is 62.1 cm³/mol. The average Bonchev–Trinajstić information content (AvgIpc) is 2.32. The van der Waals surface area contributed by atoms with Gasteiger partial charge >= 0.3 is 5.97 Å². The SMILES string of the molecule is O=C(O)Cc1ccncc1Oc1ccccc1. The standard InChI is InChI=1S/C13H11NO3/c15-13(16)8-10-6-7-14-9-12(10)17-11-4-2-1-3-5-11/h1-7,9H,8H2,(H,15,16). The molecular weight excluding hydrogens is 218 g/mol. The van der Waals surface area contributed by atoms with Crippen molar-refractivity contribution < 1.29 is 14.6 Å². The van der Waals surface area contributed by atoms with Crippen molar-refractivity contribution in [2.24, 2.45) is 0 Å². The molecule has 0 aliphatic rings. The van der Waals surface area contributed by atoms with Crippen molar-refractivity contribution in [3.63, 3.8) is 0 Å². The van der Waals surface area contributed by atoms with Gasteiger partial charge in [-0.15, -0.1) is 0 Å². The van der Waals surface area contributed by atoms with Gasteiger partial charge in [0, 0.05) is 11.8 Å². The fraction of sp³-hybridized carbons (Fsp3) is 0.0769. The maximum atomic E-state index is 10.7. The van der Waals surface area contributed by atoms with E-state index in [4.69, 9.17) is 9.84 Å². The van der Waals surface area contributed by atoms with Gasteiger partial charge in [-0.1, -0.05) is 18.2 Å². The highest BCUT2D eigenvalue weighted by Crippen LogP contribution is 2.24. The number of carboxylic acid groups (broad SMARTS) is 1. The largest absolute Gasteiger partial charge is 0.481 e. The first-order valence-corrected chi connectivity index (χ1v) is 5.13. The highest BCUT2D eigenvalue weighted by molar-refractivity contribution is 5.71. The number of nitrogens with zero attached hydrogens (tertiary/aromatic N) is 1. The average molecular weight is 229 g/mol. The number of hydrogen-bond acceptors (Lipinski definition) is 3. The molecule has 0 bridgehead atoms. The Hall–Kier alpha value is -2.36. The number of benzene rings is 1. The van der Waals surface area contributed by atoms with Gasteiger partial charge in [0.15, 0.2) is 0 Å². The minimum absolute atomic E-state index is 0.0787. The first-order valence-electron chi connectivity index (χ1n) is 5.13. The van der Waals surface area contributed by atoms with Crippen LogP contribution in [0.1, 0.15) is 5.56 Å². The van der Waals surface area contributed by atoms with Gasteiger partial charge in [0.25, 0.3) is 0 Å². The molecule has 86 valence electrons. The van der Waals surface area contributed by atoms with Crippen LogP contribution in [0.15, 0.2) is 48.8 Å². The molecular formula is C13H11NO3. The third kappa shape index (κ3) is 3.04. The summed E-state index contributed by atoms with van der Waals surface area (Å²) in [5, 5.41) is 8.78. The van der Waals surface area contributed by atoms with Crippen LogP contribution in [0, 0.1) is 0 Å². The van der Waals surface area contributed by atoms with Crippen molar-refractivity contribution in [2.45, 2.75) is 6.42 Å². The summed E-state index contributed by atoms with van der Waals surface area (Å²) in [6.07, 6.45) is 2.99. The summed E-state index contributed by atoms with van der Waals surface area (Å²) in [6, 6.07) is 10.8. The summed E-state index contributed by atoms with van der Waals surface area (Å²) in [7, 11) is 0. The lowest BCUT2D eigenvalue weighted by atomic mass is 10.2. The van der Waals surface area contributed by atoms with Crippen LogP contribution >= 0.6 is 0 Å². The first-order chi connectivity index (χ1) is 8.25. The molecule has 0 atom stereocenters. The third-order valence-electron chi connectivity index (χ3n) is 2.18. The lowest BCUT2D eigenvalue weighted by molar-refractivity contribution is -0.136. The molecule has 1 aromatic heterocycles. The van der Waals surface area contributed by atoms with Crippen molar-refractivity contribution >= 4 is 5.97 Å². The molecule has 4 nitrogen and oxygen atoms in total. The summed E-state index contributed by atoms with van der Waals surface area (Å²) in [5.41, 5.74) is 0.608. The number of aromatic nitrogens is 1. The maximum absolute atomic E-state index is 10.7. The maximum Gasteiger partial charge on any atom is 0.307 e. The zero-order valence-electron chi connectivity index (χ0n) is 9.04. The second-order valence-electron chi connectivity index (χ2n) is 3.47. The fourth-order valence-electron chi connectivity index (χ4n) is 1.43. The van der Waals surface area contributed by atoms with E-state index in [1.807, 2.05) is 18.2 Å². The van der Waals surface area contributed by atoms with Crippen molar-refractivity contribution in [2.75, 3.05) is 0 Å². The Balaban J connectivity index is 2.23. The molecule has 0 spiro atoms. The highest BCUT2D eigenvalue weighted by Gasteiger charge is 2.08. The number of para-hydroxylation sites is 1. The van der Waals surface area contributed by atoms with E-state index in [1.54, 1.807) is 24.4 Å². The van der Waals surface area contributed by atoms with Gasteiger partial charge in [0.1, 0.15) is 11.5 Å². The second kappa shape index (κ2) is 5.12. The molecule has 2 rings (SSSR count). The van der Waals surface area contributed by atoms with Crippen molar-refractivity contribution in [1.82, 2.24) is 4.98 Å². The molecule has 1 N–H and O–H groups in total. The second-order valence-corrected chi connectivity index (χ2v) is 3.47. The quantitative estimate of drug-likeness (QED) is 0.875. The van der Waals surface area contributed by atoms with E-state index in [9.17, 15) is 4.79 Å². The van der Waals surface area contributed by atoms with Crippen LogP contribution in [0.25, 0.3) is 0 Å². The number of carbonyl (C=O) groups is 1. The third-order valence-corrected chi connectivity index (χ3v) is 2.18. The van der Waals surface area contributed by atoms with Gasteiger partial charge in [0.05, 0.1) is 12.6 Å². The van der Waals surface area contributed by atoms with E-state index in [0.717, 1.165) is 0 Å². The number of pyridine rings is 1. The zero-order valence-corrected chi connectivity index (χ0v) is 9.04. The molecule has 0 unspecified atom stereocenters. The predicted octanol–water partition coefficient (Wildman–Crippen LogP) is 2.50. The van der Waals surface area contributed by atoms with Crippen LogP contribution < -0.4 is 4.74 Å². The molecule has 1 aromatic carbocycles. The van der Waals surface area contributed by atoms with Crippen LogP contribution in [0.3, 0.4) is 0 Å². The molecule has 0 fully saturated rings. The van der Waals surface area contributed by atoms with E-state index in [-0.39, 0.29) is 6.42 Å². The fourth-order valence-corrected chi connectivity index (χ4v) is 1.43. The molecule has 4 heteroatoms. The summed E-state index contributed by atoms with van der Waals surface area (Å²) in [4.78, 5) is 14.6. The summed E-state index contributed by atoms with van der Waals surface area (Å²) in [5.74, 6) is 0.238. The van der Waals surface area contributed by atoms with Crippen LogP contribution in [0.5, 0.6) is 11.5 Å². The minimum atomic E-state index is -0.894. The van der Waals surface area contributed by atoms with Gasteiger partial charge in [-0.2, -0.15) is 0 Å². The van der Waals surface area contributed by atoms with Crippen molar-refractivity contribution in [3.05, 3.63) is 54.4 Å². The smallest absolute Gasteiger partial charge is 0.307 e. The molecule has 0 radical (unpaired) electrons. The van der Waals surface area contributed by atoms with E-state index in [2.05, 4.69) is 4.98 Å². The summed E-state index contributed by atoms with van der Waals surface area (Å²) in [6.45, 7) is 0. The molecule has 1 heterocycles. The van der Waals surface area contributed by atoms with E-state index >= 15 is 0 Å². The Morgan fingerprint density at radius 1 is 1.24 bits per heavy atom. The minimum Gasteiger partial charge on any atom is -0.481 e. The van der Waals surface area contributed by atoms with Crippen LogP contribution in [0.2, 0.25) is 0 Å². The topological polar surface area (TPSA) is 59.4 Å². The van der Waals surface area contributed by atoms with Gasteiger partial charge in [-0.25, -0.2) is 0 Å². The Morgan fingerprint density at radius 3 is 2.71 bits per heavy atom. The Labute approximate surface area is 98.5 Å². The van der Waals surface area contributed by atoms with Gasteiger partial charge < -0.3 is 9.84 Å². The summed E-state index contributed by atoms with van der Waals surface area (Å²) < 4.78 is 5.58. The normalized spacial score (nSPS) is 9.88. The number of aliphatic carboxylic acids is 1. The number of hydrogen-bond donors (Lipinski definition) is 1. The Morgan fingerprint density at radius 2 is 2.00 bits per heavy atom. The van der Waals surface area contributed by atoms with Crippen LogP contribution in [-0.4, -0.2) is 16.1 Å². The number of rotatable bonds is 4. The summed E-state index contributed by atoms with van der Waals surface area (Å²) >= 11 is 0. The molecule has 0 saturated carbocycles. The molecule has 0 aliphatic carbocycles. The highest BCUT2D eigenvalue weighted by atomic mass is 16.5. The van der Waals surface area contributed by atoms with E-state index in [0.29, 0.717) is 17.1 Å². The van der Waals surface area contributed by atoms with Crippen LogP contribution in [-0.2, 0) is 11.2 Å². The number of carboxylic acids is 1. The molecule has 0 amide bonds. The number of ether oxygens (including phenoxy) is 1. The molecule has 0 aliphatic heterocycles. The van der Waals surface area contributed by atoms with Gasteiger partial charge in [-0.05, 0) is 18.2 Å². The molecule has 2 aromatic rings. The van der Waals surface area contributed by atoms with Gasteiger partial charge in [0.2, 0.25) is 0 Å². The molecule has 0 saturated heterocycles. The van der Waals surface area contributed by atoms with Gasteiger partial charge in [-0.3, -0.25) is 9.78 Å². The Bertz CT molecular complexity index is 511. The van der Waals surface area contributed by atoms with Crippen molar-refractivity contribution in [3.8, 4) is 11.5 Å². The Kier molecular flexibility index (Phi) is 3.35. The monoisotopic (exact) mass is 229 g/mol. The lowest BCUT2D eigenvalue weighted by Crippen LogP contribution is -2.02. The van der Waals surface area contributed by atoms with Crippen LogP contribution in [0.4, 0.5) is 0 Å². The first kappa shape index (κ1) is 11.1.